The monoisotopic (exact) mass is 342 g/mol. The third-order valence-corrected chi connectivity index (χ3v) is 3.49. The van der Waals surface area contributed by atoms with Crippen molar-refractivity contribution in [2.24, 2.45) is 0 Å². The molecule has 2 aromatic carbocycles. The second kappa shape index (κ2) is 6.33. The highest BCUT2D eigenvalue weighted by molar-refractivity contribution is 9.10. The molecule has 0 aliphatic carbocycles. The molecule has 1 atom stereocenters. The smallest absolute Gasteiger partial charge is 0.146 e. The molecule has 0 saturated heterocycles. The van der Waals surface area contributed by atoms with Gasteiger partial charge in [-0.3, -0.25) is 0 Å². The van der Waals surface area contributed by atoms with Crippen LogP contribution in [-0.2, 0) is 6.61 Å². The van der Waals surface area contributed by atoms with Gasteiger partial charge in [0.15, 0.2) is 0 Å². The average molecular weight is 343 g/mol. The topological polar surface area (TPSA) is 29.5 Å². The van der Waals surface area contributed by atoms with Crippen LogP contribution in [0.4, 0.5) is 8.78 Å². The predicted octanol–water partition coefficient (Wildman–Crippen LogP) is 4.36. The molecule has 0 unspecified atom stereocenters. The van der Waals surface area contributed by atoms with Crippen molar-refractivity contribution in [2.75, 3.05) is 0 Å². The van der Waals surface area contributed by atoms with Gasteiger partial charge in [-0.2, -0.15) is 0 Å². The van der Waals surface area contributed by atoms with Crippen molar-refractivity contribution >= 4 is 15.9 Å². The van der Waals surface area contributed by atoms with Gasteiger partial charge < -0.3 is 9.84 Å². The van der Waals surface area contributed by atoms with E-state index in [1.54, 1.807) is 31.2 Å². The van der Waals surface area contributed by atoms with Gasteiger partial charge >= 0.3 is 0 Å². The fourth-order valence-electron chi connectivity index (χ4n) is 1.81. The summed E-state index contributed by atoms with van der Waals surface area (Å²) in [5.74, 6) is -0.943. The van der Waals surface area contributed by atoms with Crippen LogP contribution in [0.5, 0.6) is 5.75 Å². The van der Waals surface area contributed by atoms with Crippen LogP contribution in [-0.4, -0.2) is 5.11 Å². The minimum atomic E-state index is -0.719. The molecule has 106 valence electrons. The molecule has 2 aromatic rings. The Bertz CT molecular complexity index is 615. The van der Waals surface area contributed by atoms with Crippen molar-refractivity contribution in [1.29, 1.82) is 0 Å². The first-order chi connectivity index (χ1) is 9.50. The Morgan fingerprint density at radius 1 is 1.20 bits per heavy atom. The molecule has 0 aromatic heterocycles. The van der Waals surface area contributed by atoms with Gasteiger partial charge in [-0.05, 0) is 41.1 Å². The number of aliphatic hydroxyl groups is 1. The summed E-state index contributed by atoms with van der Waals surface area (Å²) in [6.07, 6.45) is -0.719. The SMILES string of the molecule is C[C@@H](O)c1ccccc1OCc1c(F)ccc(Br)c1F. The second-order valence-electron chi connectivity index (χ2n) is 4.32. The number of rotatable bonds is 4. The van der Waals surface area contributed by atoms with E-state index in [0.29, 0.717) is 11.3 Å². The lowest BCUT2D eigenvalue weighted by Gasteiger charge is -2.14. The third-order valence-electron chi connectivity index (χ3n) is 2.88. The Labute approximate surface area is 124 Å². The van der Waals surface area contributed by atoms with E-state index in [4.69, 9.17) is 4.74 Å². The molecule has 0 radical (unpaired) electrons. The maximum absolute atomic E-state index is 13.8. The van der Waals surface area contributed by atoms with Crippen molar-refractivity contribution in [3.05, 3.63) is 63.6 Å². The number of para-hydroxylation sites is 1. The molecular weight excluding hydrogens is 330 g/mol. The van der Waals surface area contributed by atoms with E-state index in [1.807, 2.05) is 0 Å². The fraction of sp³-hybridized carbons (Fsp3) is 0.200. The number of hydrogen-bond donors (Lipinski definition) is 1. The van der Waals surface area contributed by atoms with Crippen molar-refractivity contribution in [3.8, 4) is 5.75 Å². The highest BCUT2D eigenvalue weighted by Crippen LogP contribution is 2.27. The number of halogens is 3. The van der Waals surface area contributed by atoms with E-state index in [-0.39, 0.29) is 16.6 Å². The normalized spacial score (nSPS) is 12.2. The Morgan fingerprint density at radius 2 is 1.90 bits per heavy atom. The van der Waals surface area contributed by atoms with Gasteiger partial charge in [-0.25, -0.2) is 8.78 Å². The minimum Gasteiger partial charge on any atom is -0.488 e. The van der Waals surface area contributed by atoms with Crippen molar-refractivity contribution < 1.29 is 18.6 Å². The summed E-state index contributed by atoms with van der Waals surface area (Å²) in [5.41, 5.74) is 0.420. The maximum atomic E-state index is 13.8. The molecule has 0 aliphatic rings. The Balaban J connectivity index is 2.24. The van der Waals surface area contributed by atoms with E-state index < -0.39 is 17.7 Å². The first-order valence-electron chi connectivity index (χ1n) is 6.03. The number of ether oxygens (including phenoxy) is 1. The molecule has 0 saturated carbocycles. The molecule has 0 spiro atoms. The van der Waals surface area contributed by atoms with Crippen LogP contribution in [0.25, 0.3) is 0 Å². The van der Waals surface area contributed by atoms with Crippen LogP contribution in [0.2, 0.25) is 0 Å². The molecule has 0 fully saturated rings. The number of aliphatic hydroxyl groups excluding tert-OH is 1. The Kier molecular flexibility index (Phi) is 4.73. The summed E-state index contributed by atoms with van der Waals surface area (Å²) >= 11 is 3.01. The zero-order valence-corrected chi connectivity index (χ0v) is 12.3. The number of benzene rings is 2. The van der Waals surface area contributed by atoms with E-state index in [1.165, 1.54) is 12.1 Å². The van der Waals surface area contributed by atoms with Gasteiger partial charge in [0.25, 0.3) is 0 Å². The van der Waals surface area contributed by atoms with Gasteiger partial charge in [0.05, 0.1) is 16.1 Å². The van der Waals surface area contributed by atoms with Gasteiger partial charge in [0.2, 0.25) is 0 Å². The summed E-state index contributed by atoms with van der Waals surface area (Å²) in [6.45, 7) is 1.35. The predicted molar refractivity (Wildman–Crippen MR) is 75.5 cm³/mol. The summed E-state index contributed by atoms with van der Waals surface area (Å²) in [6, 6.07) is 9.32. The van der Waals surface area contributed by atoms with Crippen LogP contribution < -0.4 is 4.74 Å². The van der Waals surface area contributed by atoms with Crippen LogP contribution >= 0.6 is 15.9 Å². The van der Waals surface area contributed by atoms with E-state index >= 15 is 0 Å². The molecular formula is C15H13BrF2O2. The van der Waals surface area contributed by atoms with Gasteiger partial charge in [-0.1, -0.05) is 18.2 Å². The summed E-state index contributed by atoms with van der Waals surface area (Å²) in [7, 11) is 0. The Hall–Kier alpha value is -1.46. The molecule has 0 aliphatic heterocycles. The summed E-state index contributed by atoms with van der Waals surface area (Å²) < 4.78 is 33.0. The summed E-state index contributed by atoms with van der Waals surface area (Å²) in [4.78, 5) is 0. The summed E-state index contributed by atoms with van der Waals surface area (Å²) in [5, 5.41) is 9.62. The van der Waals surface area contributed by atoms with Crippen molar-refractivity contribution in [1.82, 2.24) is 0 Å². The van der Waals surface area contributed by atoms with Gasteiger partial charge in [0, 0.05) is 5.56 Å². The van der Waals surface area contributed by atoms with Crippen molar-refractivity contribution in [2.45, 2.75) is 19.6 Å². The zero-order chi connectivity index (χ0) is 14.7. The Morgan fingerprint density at radius 3 is 2.60 bits per heavy atom. The highest BCUT2D eigenvalue weighted by Gasteiger charge is 2.14. The van der Waals surface area contributed by atoms with Crippen LogP contribution in [0.3, 0.4) is 0 Å². The minimum absolute atomic E-state index is 0.153. The third kappa shape index (κ3) is 3.16. The first kappa shape index (κ1) is 14.9. The molecule has 2 rings (SSSR count). The first-order valence-corrected chi connectivity index (χ1v) is 6.82. The lowest BCUT2D eigenvalue weighted by Crippen LogP contribution is -2.05. The van der Waals surface area contributed by atoms with Gasteiger partial charge in [0.1, 0.15) is 24.0 Å². The molecule has 5 heteroatoms. The lowest BCUT2D eigenvalue weighted by atomic mass is 10.1. The largest absolute Gasteiger partial charge is 0.488 e. The van der Waals surface area contributed by atoms with Crippen molar-refractivity contribution in [3.63, 3.8) is 0 Å². The van der Waals surface area contributed by atoms with Crippen LogP contribution in [0.15, 0.2) is 40.9 Å². The second-order valence-corrected chi connectivity index (χ2v) is 5.18. The maximum Gasteiger partial charge on any atom is 0.146 e. The molecule has 0 heterocycles. The van der Waals surface area contributed by atoms with Crippen LogP contribution in [0, 0.1) is 11.6 Å². The molecule has 2 nitrogen and oxygen atoms in total. The van der Waals surface area contributed by atoms with E-state index in [9.17, 15) is 13.9 Å². The number of hydrogen-bond acceptors (Lipinski definition) is 2. The molecule has 0 amide bonds. The highest BCUT2D eigenvalue weighted by atomic mass is 79.9. The standard InChI is InChI=1S/C15H13BrF2O2/c1-9(19)10-4-2-3-5-14(10)20-8-11-13(17)7-6-12(16)15(11)18/h2-7,9,19H,8H2,1H3/t9-/m1/s1. The molecule has 20 heavy (non-hydrogen) atoms. The van der Waals surface area contributed by atoms with Gasteiger partial charge in [-0.15, -0.1) is 0 Å². The zero-order valence-electron chi connectivity index (χ0n) is 10.7. The molecule has 0 bridgehead atoms. The lowest BCUT2D eigenvalue weighted by molar-refractivity contribution is 0.189. The van der Waals surface area contributed by atoms with Crippen LogP contribution in [0.1, 0.15) is 24.2 Å². The fourth-order valence-corrected chi connectivity index (χ4v) is 2.18. The average Bonchev–Trinajstić information content (AvgIpc) is 2.43. The quantitative estimate of drug-likeness (QED) is 0.836. The van der Waals surface area contributed by atoms with E-state index in [2.05, 4.69) is 15.9 Å². The van der Waals surface area contributed by atoms with E-state index in [0.717, 1.165) is 0 Å². The molecule has 1 N–H and O–H groups in total.